The maximum absolute atomic E-state index is 12.4. The fraction of sp³-hybridized carbons (Fsp3) is 0.0833. The number of benzene rings is 1. The van der Waals surface area contributed by atoms with Crippen LogP contribution in [0.1, 0.15) is 5.56 Å². The first-order chi connectivity index (χ1) is 9.31. The lowest BCUT2D eigenvalue weighted by atomic mass is 10.2. The number of aromatic nitrogens is 1. The number of hydrogen-bond acceptors (Lipinski definition) is 3. The van der Waals surface area contributed by atoms with Crippen molar-refractivity contribution in [1.29, 1.82) is 0 Å². The van der Waals surface area contributed by atoms with E-state index in [0.29, 0.717) is 10.2 Å². The van der Waals surface area contributed by atoms with Crippen LogP contribution in [-0.2, 0) is 10.0 Å². The van der Waals surface area contributed by atoms with E-state index in [4.69, 9.17) is 11.6 Å². The summed E-state index contributed by atoms with van der Waals surface area (Å²) >= 11 is 12.4. The van der Waals surface area contributed by atoms with E-state index >= 15 is 0 Å². The highest BCUT2D eigenvalue weighted by Gasteiger charge is 2.20. The van der Waals surface area contributed by atoms with Crippen LogP contribution in [0.15, 0.2) is 44.3 Å². The molecule has 0 bridgehead atoms. The smallest absolute Gasteiger partial charge is 0.265 e. The van der Waals surface area contributed by atoms with E-state index in [1.54, 1.807) is 12.1 Å². The molecule has 0 aliphatic heterocycles. The summed E-state index contributed by atoms with van der Waals surface area (Å²) in [5.74, 6) is 0. The summed E-state index contributed by atoms with van der Waals surface area (Å²) in [6, 6.07) is 6.67. The Labute approximate surface area is 138 Å². The molecule has 0 unspecified atom stereocenters. The highest BCUT2D eigenvalue weighted by Crippen LogP contribution is 2.28. The molecule has 0 fully saturated rings. The van der Waals surface area contributed by atoms with E-state index in [2.05, 4.69) is 41.6 Å². The zero-order valence-electron chi connectivity index (χ0n) is 10.2. The van der Waals surface area contributed by atoms with Crippen molar-refractivity contribution in [3.8, 4) is 0 Å². The Morgan fingerprint density at radius 1 is 1.30 bits per heavy atom. The van der Waals surface area contributed by atoms with E-state index in [1.807, 2.05) is 13.0 Å². The van der Waals surface area contributed by atoms with Crippen molar-refractivity contribution < 1.29 is 8.42 Å². The van der Waals surface area contributed by atoms with Gasteiger partial charge in [0, 0.05) is 15.1 Å². The van der Waals surface area contributed by atoms with E-state index in [1.165, 1.54) is 12.3 Å². The fourth-order valence-electron chi connectivity index (χ4n) is 1.51. The Kier molecular flexibility index (Phi) is 4.73. The number of sulfonamides is 1. The van der Waals surface area contributed by atoms with E-state index in [9.17, 15) is 8.42 Å². The van der Waals surface area contributed by atoms with Gasteiger partial charge in [0.2, 0.25) is 0 Å². The summed E-state index contributed by atoms with van der Waals surface area (Å²) in [6.07, 6.45) is 1.44. The average Bonchev–Trinajstić information content (AvgIpc) is 2.37. The molecule has 1 aromatic heterocycles. The predicted molar refractivity (Wildman–Crippen MR) is 86.6 cm³/mol. The number of rotatable bonds is 3. The van der Waals surface area contributed by atoms with Crippen LogP contribution >= 0.6 is 43.5 Å². The quantitative estimate of drug-likeness (QED) is 0.721. The molecule has 2 aromatic rings. The van der Waals surface area contributed by atoms with Crippen molar-refractivity contribution in [2.24, 2.45) is 0 Å². The van der Waals surface area contributed by atoms with Crippen LogP contribution in [0.25, 0.3) is 0 Å². The normalized spacial score (nSPS) is 11.4. The Hall–Kier alpha value is -0.630. The van der Waals surface area contributed by atoms with Gasteiger partial charge in [0.1, 0.15) is 10.0 Å². The highest BCUT2D eigenvalue weighted by molar-refractivity contribution is 9.10. The molecule has 20 heavy (non-hydrogen) atoms. The van der Waals surface area contributed by atoms with Crippen molar-refractivity contribution in [3.05, 3.63) is 50.1 Å². The van der Waals surface area contributed by atoms with E-state index in [0.717, 1.165) is 10.0 Å². The third kappa shape index (κ3) is 3.33. The van der Waals surface area contributed by atoms with Gasteiger partial charge in [-0.3, -0.25) is 4.72 Å². The van der Waals surface area contributed by atoms with Gasteiger partial charge in [-0.15, -0.1) is 0 Å². The largest absolute Gasteiger partial charge is 0.279 e. The van der Waals surface area contributed by atoms with Gasteiger partial charge in [-0.2, -0.15) is 0 Å². The van der Waals surface area contributed by atoms with Gasteiger partial charge in [0.15, 0.2) is 0 Å². The van der Waals surface area contributed by atoms with Crippen molar-refractivity contribution in [2.45, 2.75) is 11.8 Å². The van der Waals surface area contributed by atoms with Crippen molar-refractivity contribution >= 4 is 59.2 Å². The van der Waals surface area contributed by atoms with Gasteiger partial charge in [0.05, 0.1) is 5.69 Å². The number of anilines is 1. The van der Waals surface area contributed by atoms with E-state index < -0.39 is 10.0 Å². The number of nitrogens with zero attached hydrogens (tertiary/aromatic N) is 1. The topological polar surface area (TPSA) is 59.1 Å². The zero-order chi connectivity index (χ0) is 14.9. The minimum Gasteiger partial charge on any atom is -0.279 e. The third-order valence-electron chi connectivity index (χ3n) is 2.58. The summed E-state index contributed by atoms with van der Waals surface area (Å²) in [6.45, 7) is 1.81. The lowest BCUT2D eigenvalue weighted by Gasteiger charge is -2.12. The first-order valence-electron chi connectivity index (χ1n) is 5.40. The third-order valence-corrected chi connectivity index (χ3v) is 5.66. The molecular formula is C12H9Br2ClN2O2S. The molecule has 0 atom stereocenters. The van der Waals surface area contributed by atoms with E-state index in [-0.39, 0.29) is 10.0 Å². The van der Waals surface area contributed by atoms with Crippen molar-refractivity contribution in [1.82, 2.24) is 4.98 Å². The molecule has 2 rings (SSSR count). The molecule has 0 saturated carbocycles. The summed E-state index contributed by atoms with van der Waals surface area (Å²) in [5, 5.41) is -0.0756. The lowest BCUT2D eigenvalue weighted by Crippen LogP contribution is -2.14. The Balaban J connectivity index is 2.46. The summed E-state index contributed by atoms with van der Waals surface area (Å²) < 4.78 is 28.6. The van der Waals surface area contributed by atoms with Gasteiger partial charge in [-0.05, 0) is 46.6 Å². The highest BCUT2D eigenvalue weighted by atomic mass is 79.9. The number of hydrogen-bond donors (Lipinski definition) is 1. The van der Waals surface area contributed by atoms with Crippen LogP contribution in [0.5, 0.6) is 0 Å². The average molecular weight is 441 g/mol. The van der Waals surface area contributed by atoms with Gasteiger partial charge < -0.3 is 0 Å². The molecule has 1 aromatic carbocycles. The number of halogens is 3. The molecule has 0 spiro atoms. The summed E-state index contributed by atoms with van der Waals surface area (Å²) in [7, 11) is -3.80. The zero-order valence-corrected chi connectivity index (χ0v) is 14.9. The predicted octanol–water partition coefficient (Wildman–Crippen LogP) is 4.37. The molecule has 1 heterocycles. The molecule has 0 aliphatic carbocycles. The second-order valence-electron chi connectivity index (χ2n) is 3.96. The molecule has 8 heteroatoms. The van der Waals surface area contributed by atoms with Crippen LogP contribution in [0, 0.1) is 6.92 Å². The first kappa shape index (κ1) is 15.8. The Morgan fingerprint density at radius 3 is 2.70 bits per heavy atom. The molecule has 0 radical (unpaired) electrons. The molecule has 0 amide bonds. The van der Waals surface area contributed by atoms with Crippen LogP contribution in [0.4, 0.5) is 5.69 Å². The molecule has 0 aliphatic rings. The van der Waals surface area contributed by atoms with Crippen LogP contribution in [-0.4, -0.2) is 13.4 Å². The minimum absolute atomic E-state index is 0.0756. The van der Waals surface area contributed by atoms with Crippen molar-refractivity contribution in [3.63, 3.8) is 0 Å². The Morgan fingerprint density at radius 2 is 2.00 bits per heavy atom. The second-order valence-corrected chi connectivity index (χ2v) is 7.74. The fourth-order valence-corrected chi connectivity index (χ4v) is 3.94. The second kappa shape index (κ2) is 6.01. The maximum atomic E-state index is 12.4. The monoisotopic (exact) mass is 438 g/mol. The summed E-state index contributed by atoms with van der Waals surface area (Å²) in [4.78, 5) is 3.74. The number of nitrogens with one attached hydrogen (secondary N) is 1. The number of pyridine rings is 1. The SMILES string of the molecule is Cc1c(Br)cccc1NS(=O)(=O)c1cc(Br)cnc1Cl. The minimum atomic E-state index is -3.80. The first-order valence-corrected chi connectivity index (χ1v) is 8.85. The van der Waals surface area contributed by atoms with Gasteiger partial charge in [-0.25, -0.2) is 13.4 Å². The van der Waals surface area contributed by atoms with Gasteiger partial charge >= 0.3 is 0 Å². The van der Waals surface area contributed by atoms with Gasteiger partial charge in [-0.1, -0.05) is 33.6 Å². The van der Waals surface area contributed by atoms with Crippen LogP contribution in [0.3, 0.4) is 0 Å². The molecule has 4 nitrogen and oxygen atoms in total. The lowest BCUT2D eigenvalue weighted by molar-refractivity contribution is 0.600. The molecule has 106 valence electrons. The Bertz CT molecular complexity index is 766. The van der Waals surface area contributed by atoms with Crippen LogP contribution in [0.2, 0.25) is 5.15 Å². The summed E-state index contributed by atoms with van der Waals surface area (Å²) in [5.41, 5.74) is 1.27. The van der Waals surface area contributed by atoms with Crippen LogP contribution < -0.4 is 4.72 Å². The maximum Gasteiger partial charge on any atom is 0.265 e. The van der Waals surface area contributed by atoms with Crippen molar-refractivity contribution in [2.75, 3.05) is 4.72 Å². The molecular weight excluding hydrogens is 431 g/mol. The van der Waals surface area contributed by atoms with Gasteiger partial charge in [0.25, 0.3) is 10.0 Å². The molecule has 1 N–H and O–H groups in total. The standard InChI is InChI=1S/C12H9Br2ClN2O2S/c1-7-9(14)3-2-4-10(7)17-20(18,19)11-5-8(13)6-16-12(11)15/h2-6,17H,1H3. The molecule has 0 saturated heterocycles.